The van der Waals surface area contributed by atoms with Crippen molar-refractivity contribution in [2.24, 2.45) is 0 Å². The number of fused-ring (bicyclic) bond motifs is 1. The maximum atomic E-state index is 12.2. The first kappa shape index (κ1) is 12.9. The zero-order chi connectivity index (χ0) is 13.2. The molecule has 0 aromatic heterocycles. The molecule has 0 bridgehead atoms. The van der Waals surface area contributed by atoms with Gasteiger partial charge in [-0.15, -0.1) is 0 Å². The van der Waals surface area contributed by atoms with Gasteiger partial charge < -0.3 is 0 Å². The minimum atomic E-state index is -4.15. The van der Waals surface area contributed by atoms with Gasteiger partial charge in [0.05, 0.1) is 6.54 Å². The molecule has 0 atom stereocenters. The van der Waals surface area contributed by atoms with Crippen LogP contribution in [-0.4, -0.2) is 24.7 Å². The molecule has 18 heavy (non-hydrogen) atoms. The van der Waals surface area contributed by atoms with Crippen molar-refractivity contribution < 1.29 is 13.2 Å². The van der Waals surface area contributed by atoms with Crippen molar-refractivity contribution in [1.29, 1.82) is 0 Å². The SMILES string of the molecule is CN(Cc1ccc2ccccc2c1)CC(F)(F)F. The number of benzene rings is 2. The first-order valence-electron chi connectivity index (χ1n) is 5.67. The molecular formula is C14H14F3N. The monoisotopic (exact) mass is 253 g/mol. The van der Waals surface area contributed by atoms with Crippen LogP contribution >= 0.6 is 0 Å². The molecule has 0 aliphatic carbocycles. The number of alkyl halides is 3. The third kappa shape index (κ3) is 3.47. The molecule has 96 valence electrons. The van der Waals surface area contributed by atoms with E-state index in [4.69, 9.17) is 0 Å². The summed E-state index contributed by atoms with van der Waals surface area (Å²) in [6.07, 6.45) is -4.15. The Morgan fingerprint density at radius 1 is 1.00 bits per heavy atom. The summed E-state index contributed by atoms with van der Waals surface area (Å²) in [5.41, 5.74) is 0.889. The molecule has 0 saturated carbocycles. The van der Waals surface area contributed by atoms with Gasteiger partial charge in [-0.3, -0.25) is 4.90 Å². The van der Waals surface area contributed by atoms with Crippen LogP contribution < -0.4 is 0 Å². The van der Waals surface area contributed by atoms with Crippen LogP contribution in [0.4, 0.5) is 13.2 Å². The molecule has 0 radical (unpaired) electrons. The molecule has 0 N–H and O–H groups in total. The highest BCUT2D eigenvalue weighted by Crippen LogP contribution is 2.19. The Balaban J connectivity index is 2.12. The fraction of sp³-hybridized carbons (Fsp3) is 0.286. The molecule has 4 heteroatoms. The Morgan fingerprint density at radius 2 is 1.67 bits per heavy atom. The van der Waals surface area contributed by atoms with Gasteiger partial charge in [0.25, 0.3) is 0 Å². The second-order valence-corrected chi connectivity index (χ2v) is 4.47. The summed E-state index contributed by atoms with van der Waals surface area (Å²) < 4.78 is 36.7. The molecule has 0 fully saturated rings. The van der Waals surface area contributed by atoms with E-state index in [1.165, 1.54) is 11.9 Å². The summed E-state index contributed by atoms with van der Waals surface area (Å²) in [5, 5.41) is 2.15. The first-order valence-corrected chi connectivity index (χ1v) is 5.67. The summed E-state index contributed by atoms with van der Waals surface area (Å²) in [6, 6.07) is 13.5. The lowest BCUT2D eigenvalue weighted by Crippen LogP contribution is -2.30. The summed E-state index contributed by atoms with van der Waals surface area (Å²) in [4.78, 5) is 1.27. The Labute approximate surface area is 104 Å². The average Bonchev–Trinajstić information content (AvgIpc) is 2.26. The molecule has 0 aliphatic rings. The first-order chi connectivity index (χ1) is 8.44. The fourth-order valence-corrected chi connectivity index (χ4v) is 2.01. The average molecular weight is 253 g/mol. The summed E-state index contributed by atoms with van der Waals surface area (Å²) in [5.74, 6) is 0. The molecule has 0 spiro atoms. The second kappa shape index (κ2) is 4.98. The predicted octanol–water partition coefficient (Wildman–Crippen LogP) is 3.83. The van der Waals surface area contributed by atoms with E-state index in [0.29, 0.717) is 6.54 Å². The molecule has 0 unspecified atom stereocenters. The van der Waals surface area contributed by atoms with Crippen molar-refractivity contribution in [2.75, 3.05) is 13.6 Å². The minimum Gasteiger partial charge on any atom is -0.294 e. The van der Waals surface area contributed by atoms with Crippen LogP contribution in [0, 0.1) is 0 Å². The van der Waals surface area contributed by atoms with Gasteiger partial charge in [-0.25, -0.2) is 0 Å². The van der Waals surface area contributed by atoms with E-state index in [-0.39, 0.29) is 0 Å². The highest BCUT2D eigenvalue weighted by atomic mass is 19.4. The lowest BCUT2D eigenvalue weighted by molar-refractivity contribution is -0.144. The van der Waals surface area contributed by atoms with Crippen molar-refractivity contribution in [3.8, 4) is 0 Å². The fourth-order valence-electron chi connectivity index (χ4n) is 2.01. The lowest BCUT2D eigenvalue weighted by atomic mass is 10.1. The Hall–Kier alpha value is -1.55. The van der Waals surface area contributed by atoms with E-state index in [2.05, 4.69) is 0 Å². The van der Waals surface area contributed by atoms with Gasteiger partial charge >= 0.3 is 6.18 Å². The van der Waals surface area contributed by atoms with Crippen molar-refractivity contribution in [3.63, 3.8) is 0 Å². The van der Waals surface area contributed by atoms with Crippen molar-refractivity contribution in [2.45, 2.75) is 12.7 Å². The summed E-state index contributed by atoms with van der Waals surface area (Å²) in [7, 11) is 1.47. The zero-order valence-corrected chi connectivity index (χ0v) is 10.0. The highest BCUT2D eigenvalue weighted by Gasteiger charge is 2.28. The van der Waals surface area contributed by atoms with Gasteiger partial charge in [0, 0.05) is 6.54 Å². The molecular weight excluding hydrogens is 239 g/mol. The highest BCUT2D eigenvalue weighted by molar-refractivity contribution is 5.82. The molecule has 2 aromatic carbocycles. The largest absolute Gasteiger partial charge is 0.401 e. The van der Waals surface area contributed by atoms with E-state index in [0.717, 1.165) is 16.3 Å². The van der Waals surface area contributed by atoms with Crippen LogP contribution in [0.15, 0.2) is 42.5 Å². The normalized spacial score (nSPS) is 12.3. The van der Waals surface area contributed by atoms with Crippen LogP contribution in [0.5, 0.6) is 0 Å². The van der Waals surface area contributed by atoms with Gasteiger partial charge in [0.15, 0.2) is 0 Å². The van der Waals surface area contributed by atoms with Crippen molar-refractivity contribution in [1.82, 2.24) is 4.90 Å². The van der Waals surface area contributed by atoms with Crippen LogP contribution in [0.2, 0.25) is 0 Å². The van der Waals surface area contributed by atoms with Crippen LogP contribution in [-0.2, 0) is 6.54 Å². The van der Waals surface area contributed by atoms with Crippen molar-refractivity contribution >= 4 is 10.8 Å². The van der Waals surface area contributed by atoms with Gasteiger partial charge in [0.1, 0.15) is 0 Å². The predicted molar refractivity (Wildman–Crippen MR) is 66.3 cm³/mol. The lowest BCUT2D eigenvalue weighted by Gasteiger charge is -2.18. The number of nitrogens with zero attached hydrogens (tertiary/aromatic N) is 1. The second-order valence-electron chi connectivity index (χ2n) is 4.47. The maximum absolute atomic E-state index is 12.2. The van der Waals surface area contributed by atoms with Crippen LogP contribution in [0.25, 0.3) is 10.8 Å². The molecule has 2 rings (SSSR count). The molecule has 0 aliphatic heterocycles. The van der Waals surface area contributed by atoms with Gasteiger partial charge in [-0.05, 0) is 29.4 Å². The third-order valence-corrected chi connectivity index (χ3v) is 2.72. The van der Waals surface area contributed by atoms with Gasteiger partial charge in [0.2, 0.25) is 0 Å². The molecule has 2 aromatic rings. The smallest absolute Gasteiger partial charge is 0.294 e. The Bertz CT molecular complexity index is 534. The van der Waals surface area contributed by atoms with E-state index >= 15 is 0 Å². The molecule has 1 nitrogen and oxygen atoms in total. The summed E-state index contributed by atoms with van der Waals surface area (Å²) in [6.45, 7) is -0.593. The maximum Gasteiger partial charge on any atom is 0.401 e. The molecule has 0 heterocycles. The topological polar surface area (TPSA) is 3.24 Å². The number of rotatable bonds is 3. The number of hydrogen-bond donors (Lipinski definition) is 0. The summed E-state index contributed by atoms with van der Waals surface area (Å²) >= 11 is 0. The zero-order valence-electron chi connectivity index (χ0n) is 10.0. The van der Waals surface area contributed by atoms with Gasteiger partial charge in [-0.1, -0.05) is 36.4 Å². The van der Waals surface area contributed by atoms with Crippen LogP contribution in [0.1, 0.15) is 5.56 Å². The van der Waals surface area contributed by atoms with E-state index < -0.39 is 12.7 Å². The van der Waals surface area contributed by atoms with E-state index in [1.807, 2.05) is 42.5 Å². The Kier molecular flexibility index (Phi) is 3.57. The quantitative estimate of drug-likeness (QED) is 0.803. The van der Waals surface area contributed by atoms with Crippen molar-refractivity contribution in [3.05, 3.63) is 48.0 Å². The number of hydrogen-bond acceptors (Lipinski definition) is 1. The van der Waals surface area contributed by atoms with E-state index in [1.54, 1.807) is 0 Å². The number of halogens is 3. The minimum absolute atomic E-state index is 0.296. The molecule has 0 saturated heterocycles. The molecule has 0 amide bonds. The Morgan fingerprint density at radius 3 is 2.33 bits per heavy atom. The third-order valence-electron chi connectivity index (χ3n) is 2.72. The van der Waals surface area contributed by atoms with E-state index in [9.17, 15) is 13.2 Å². The van der Waals surface area contributed by atoms with Crippen LogP contribution in [0.3, 0.4) is 0 Å². The standard InChI is InChI=1S/C14H14F3N/c1-18(10-14(15,16)17)9-11-6-7-12-4-2-3-5-13(12)8-11/h2-8H,9-10H2,1H3. The van der Waals surface area contributed by atoms with Gasteiger partial charge in [-0.2, -0.15) is 13.2 Å².